The Morgan fingerprint density at radius 2 is 1.21 bits per heavy atom. The lowest BCUT2D eigenvalue weighted by molar-refractivity contribution is -0.153. The maximum absolute atomic E-state index is 14.2. The fourth-order valence-electron chi connectivity index (χ4n) is 4.08. The zero-order chi connectivity index (χ0) is 30.8. The molecule has 0 atom stereocenters. The van der Waals surface area contributed by atoms with Crippen molar-refractivity contribution in [1.29, 1.82) is 0 Å². The first-order valence-electron chi connectivity index (χ1n) is 12.8. The van der Waals surface area contributed by atoms with Gasteiger partial charge in [0.05, 0.1) is 19.3 Å². The number of hydrogen-bond acceptors (Lipinski definition) is 4. The summed E-state index contributed by atoms with van der Waals surface area (Å²) in [5.41, 5.74) is -4.28. The van der Waals surface area contributed by atoms with Gasteiger partial charge in [-0.1, -0.05) is 23.2 Å². The van der Waals surface area contributed by atoms with Crippen molar-refractivity contribution < 1.29 is 44.9 Å². The van der Waals surface area contributed by atoms with Crippen molar-refractivity contribution >= 4 is 41.0 Å². The highest BCUT2D eigenvalue weighted by atomic mass is 35.5. The smallest absolute Gasteiger partial charge is 0.341 e. The van der Waals surface area contributed by atoms with Crippen molar-refractivity contribution in [3.63, 3.8) is 0 Å². The van der Waals surface area contributed by atoms with Gasteiger partial charge in [0.1, 0.15) is 17.3 Å². The van der Waals surface area contributed by atoms with Crippen molar-refractivity contribution in [2.45, 2.75) is 37.0 Å². The van der Waals surface area contributed by atoms with Crippen LogP contribution in [0.25, 0.3) is 0 Å². The van der Waals surface area contributed by atoms with Crippen LogP contribution in [0.2, 0.25) is 10.0 Å². The summed E-state index contributed by atoms with van der Waals surface area (Å²) in [6, 6.07) is 7.13. The van der Waals surface area contributed by atoms with Gasteiger partial charge >= 0.3 is 5.97 Å². The Labute approximate surface area is 234 Å². The summed E-state index contributed by atoms with van der Waals surface area (Å²) >= 11 is 11.2. The fourth-order valence-corrected chi connectivity index (χ4v) is 4.44. The van der Waals surface area contributed by atoms with E-state index in [0.717, 1.165) is 12.1 Å². The fraction of sp³-hybridized carbons (Fsp3) is 0.423. The Balaban J connectivity index is 0.000000226. The Bertz CT molecular complexity index is 1320. The molecule has 2 aliphatic heterocycles. The van der Waals surface area contributed by atoms with Crippen molar-refractivity contribution in [2.75, 3.05) is 32.7 Å². The van der Waals surface area contributed by atoms with Crippen molar-refractivity contribution in [1.82, 2.24) is 9.80 Å². The highest BCUT2D eigenvalue weighted by Gasteiger charge is 2.43. The number of aliphatic hydroxyl groups is 1. The van der Waals surface area contributed by atoms with Crippen LogP contribution in [0, 0.1) is 11.6 Å². The number of carboxylic acids is 1. The minimum Gasteiger partial charge on any atom is -0.479 e. The predicted octanol–water partition coefficient (Wildman–Crippen LogP) is 4.92. The summed E-state index contributed by atoms with van der Waals surface area (Å²) in [5, 5.41) is 17.6. The van der Waals surface area contributed by atoms with Gasteiger partial charge in [-0.2, -0.15) is 0 Å². The van der Waals surface area contributed by atoms with Gasteiger partial charge in [0, 0.05) is 63.0 Å². The molecule has 2 heterocycles. The van der Waals surface area contributed by atoms with E-state index < -0.39 is 47.3 Å². The second-order valence-corrected chi connectivity index (χ2v) is 10.0. The molecule has 0 aliphatic carbocycles. The molecule has 0 spiro atoms. The van der Waals surface area contributed by atoms with Crippen LogP contribution in [0.3, 0.4) is 0 Å². The molecule has 2 N–H and O–H groups in total. The number of aliphatic carboxylic acids is 1. The second-order valence-electron chi connectivity index (χ2n) is 9.19. The summed E-state index contributed by atoms with van der Waals surface area (Å²) in [5.74, 6) is -3.62. The highest BCUT2D eigenvalue weighted by molar-refractivity contribution is 6.31. The lowest BCUT2D eigenvalue weighted by atomic mass is 9.93. The average molecular weight is 595 g/mol. The van der Waals surface area contributed by atoms with Gasteiger partial charge < -0.3 is 20.0 Å². The maximum Gasteiger partial charge on any atom is 0.341 e. The third kappa shape index (κ3) is 7.40. The van der Waals surface area contributed by atoms with Gasteiger partial charge in [-0.25, -0.2) is 22.4 Å². The molecular weight excluding hydrogens is 567 g/mol. The Hall–Kier alpha value is -2.89. The average Bonchev–Trinajstić information content (AvgIpc) is 2.91. The molecule has 0 unspecified atom stereocenters. The molecule has 13 heteroatoms. The van der Waals surface area contributed by atoms with Gasteiger partial charge in [-0.3, -0.25) is 9.59 Å². The third-order valence-electron chi connectivity index (χ3n) is 6.60. The summed E-state index contributed by atoms with van der Waals surface area (Å²) in [6.07, 6.45) is -1.14. The number of benzene rings is 2. The van der Waals surface area contributed by atoms with E-state index >= 15 is 0 Å². The third-order valence-corrected chi connectivity index (χ3v) is 7.18. The largest absolute Gasteiger partial charge is 0.479 e. The van der Waals surface area contributed by atoms with Crippen LogP contribution < -0.4 is 0 Å². The molecule has 0 bridgehead atoms. The highest BCUT2D eigenvalue weighted by Crippen LogP contribution is 2.29. The van der Waals surface area contributed by atoms with Crippen LogP contribution in [0.15, 0.2) is 36.4 Å². The SMILES string of the molecule is O=C(c1ccc(F)c(Cl)c1)N1CCC(F)(C(=O)O)CC1.[2H]C([2H])(O)C1(F)CCN(C(=O)c2ccc(F)c(Cl)c2)CC1. The van der Waals surface area contributed by atoms with Gasteiger partial charge in [0.2, 0.25) is 5.67 Å². The van der Waals surface area contributed by atoms with E-state index in [1.807, 2.05) is 0 Å². The number of amides is 2. The first kappa shape index (κ1) is 27.7. The van der Waals surface area contributed by atoms with Crippen LogP contribution in [-0.2, 0) is 4.79 Å². The molecule has 2 aromatic rings. The van der Waals surface area contributed by atoms with Gasteiger partial charge in [0.25, 0.3) is 11.8 Å². The Morgan fingerprint density at radius 3 is 1.54 bits per heavy atom. The van der Waals surface area contributed by atoms with E-state index in [1.165, 1.54) is 34.1 Å². The molecule has 7 nitrogen and oxygen atoms in total. The topological polar surface area (TPSA) is 98.2 Å². The molecule has 2 fully saturated rings. The van der Waals surface area contributed by atoms with Gasteiger partial charge in [-0.15, -0.1) is 0 Å². The maximum atomic E-state index is 14.2. The van der Waals surface area contributed by atoms with E-state index in [0.29, 0.717) is 0 Å². The lowest BCUT2D eigenvalue weighted by Gasteiger charge is -2.35. The van der Waals surface area contributed by atoms with Gasteiger partial charge in [0.15, 0.2) is 0 Å². The predicted molar refractivity (Wildman–Crippen MR) is 135 cm³/mol. The molecule has 0 radical (unpaired) electrons. The molecule has 0 aromatic heterocycles. The van der Waals surface area contributed by atoms with E-state index in [-0.39, 0.29) is 73.0 Å². The number of carbonyl (C=O) groups is 3. The summed E-state index contributed by atoms with van der Waals surface area (Å²) in [6.45, 7) is -3.02. The lowest BCUT2D eigenvalue weighted by Crippen LogP contribution is -2.48. The standard InChI is InChI=1S/C13H12ClF2NO3.C13H14ClF2NO2/c14-9-7-8(1-2-10(9)15)11(18)17-5-3-13(16,4-6-17)12(19)20;14-10-7-9(1-2-11(10)15)12(19)17-5-3-13(16,8-18)4-6-17/h1-2,7H,3-6H2,(H,19,20);1-2,7,18H,3-6,8H2/i;8D2. The summed E-state index contributed by atoms with van der Waals surface area (Å²) in [4.78, 5) is 37.7. The quantitative estimate of drug-likeness (QED) is 0.489. The number of rotatable bonds is 4. The molecule has 2 aliphatic rings. The number of alkyl halides is 2. The first-order chi connectivity index (χ1) is 19.0. The Kier molecular flexibility index (Phi) is 8.89. The van der Waals surface area contributed by atoms with Gasteiger partial charge in [-0.05, 0) is 36.4 Å². The molecule has 4 rings (SSSR count). The number of hydrogen-bond donors (Lipinski definition) is 2. The monoisotopic (exact) mass is 594 g/mol. The van der Waals surface area contributed by atoms with E-state index in [4.69, 9.17) is 31.0 Å². The molecule has 0 saturated carbocycles. The minimum atomic E-state index is -2.94. The van der Waals surface area contributed by atoms with Crippen molar-refractivity contribution in [2.24, 2.45) is 0 Å². The second kappa shape index (κ2) is 12.5. The van der Waals surface area contributed by atoms with E-state index in [9.17, 15) is 37.1 Å². The molecule has 2 aromatic carbocycles. The molecule has 2 saturated heterocycles. The molecule has 2 amide bonds. The zero-order valence-corrected chi connectivity index (χ0v) is 21.9. The van der Waals surface area contributed by atoms with Crippen LogP contribution in [0.5, 0.6) is 0 Å². The van der Waals surface area contributed by atoms with Crippen LogP contribution in [0.4, 0.5) is 17.6 Å². The van der Waals surface area contributed by atoms with Crippen LogP contribution in [0.1, 0.15) is 49.1 Å². The van der Waals surface area contributed by atoms with E-state index in [2.05, 4.69) is 0 Å². The number of halogens is 6. The first-order valence-corrected chi connectivity index (χ1v) is 12.6. The summed E-state index contributed by atoms with van der Waals surface area (Å²) in [7, 11) is 0. The van der Waals surface area contributed by atoms with Crippen LogP contribution >= 0.6 is 23.2 Å². The number of carboxylic acid groups (broad SMARTS) is 1. The number of carbonyl (C=O) groups excluding carboxylic acids is 2. The molecular formula is C26H26Cl2F4N2O5. The number of likely N-dealkylation sites (tertiary alicyclic amines) is 2. The normalized spacial score (nSPS) is 19.3. The number of piperidine rings is 2. The minimum absolute atomic E-state index is 0.00334. The zero-order valence-electron chi connectivity index (χ0n) is 22.4. The van der Waals surface area contributed by atoms with Crippen molar-refractivity contribution in [3.05, 3.63) is 69.2 Å². The van der Waals surface area contributed by atoms with E-state index in [1.54, 1.807) is 0 Å². The Morgan fingerprint density at radius 1 is 0.821 bits per heavy atom. The van der Waals surface area contributed by atoms with Crippen LogP contribution in [-0.4, -0.2) is 81.9 Å². The summed E-state index contributed by atoms with van der Waals surface area (Å²) < 4.78 is 68.3. The van der Waals surface area contributed by atoms with Crippen molar-refractivity contribution in [3.8, 4) is 0 Å². The number of nitrogens with zero attached hydrogens (tertiary/aromatic N) is 2. The molecule has 212 valence electrons. The molecule has 39 heavy (non-hydrogen) atoms.